The van der Waals surface area contributed by atoms with E-state index in [1.54, 1.807) is 7.11 Å². The summed E-state index contributed by atoms with van der Waals surface area (Å²) in [5.74, 6) is 0.301. The van der Waals surface area contributed by atoms with Gasteiger partial charge < -0.3 is 14.2 Å². The number of methoxy groups -OCH3 is 1. The highest BCUT2D eigenvalue weighted by Crippen LogP contribution is 2.33. The van der Waals surface area contributed by atoms with Gasteiger partial charge in [0.25, 0.3) is 0 Å². The number of ether oxygens (including phenoxy) is 3. The van der Waals surface area contributed by atoms with Gasteiger partial charge in [-0.25, -0.2) is 0 Å². The fourth-order valence-corrected chi connectivity index (χ4v) is 1.91. The quantitative estimate of drug-likeness (QED) is 0.376. The summed E-state index contributed by atoms with van der Waals surface area (Å²) >= 11 is 0. The Bertz CT molecular complexity index is 249. The first kappa shape index (κ1) is 13.2. The SMILES string of the molecule is C=C[C@@H]1C[C@H](OCOCCOC)C[C@H]1C#N. The van der Waals surface area contributed by atoms with Gasteiger partial charge in [0.05, 0.1) is 31.3 Å². The Hall–Kier alpha value is -0.890. The lowest BCUT2D eigenvalue weighted by molar-refractivity contribution is -0.0960. The molecule has 4 nitrogen and oxygen atoms in total. The lowest BCUT2D eigenvalue weighted by atomic mass is 9.98. The summed E-state index contributed by atoms with van der Waals surface area (Å²) in [5, 5.41) is 8.93. The number of nitriles is 1. The van der Waals surface area contributed by atoms with Crippen molar-refractivity contribution >= 4 is 0 Å². The topological polar surface area (TPSA) is 51.5 Å². The van der Waals surface area contributed by atoms with E-state index in [0.717, 1.165) is 12.8 Å². The van der Waals surface area contributed by atoms with Crippen LogP contribution in [0.4, 0.5) is 0 Å². The molecule has 1 rings (SSSR count). The van der Waals surface area contributed by atoms with Crippen LogP contribution in [0, 0.1) is 23.2 Å². The van der Waals surface area contributed by atoms with E-state index in [1.807, 2.05) is 6.08 Å². The van der Waals surface area contributed by atoms with E-state index < -0.39 is 0 Å². The molecule has 1 fully saturated rings. The minimum atomic E-state index is 0.0430. The van der Waals surface area contributed by atoms with Crippen LogP contribution in [0.5, 0.6) is 0 Å². The van der Waals surface area contributed by atoms with Gasteiger partial charge in [-0.2, -0.15) is 5.26 Å². The second-order valence-corrected chi connectivity index (χ2v) is 3.91. The highest BCUT2D eigenvalue weighted by Gasteiger charge is 2.32. The highest BCUT2D eigenvalue weighted by atomic mass is 16.7. The predicted octanol–water partition coefficient (Wildman–Crippen LogP) is 1.73. The Morgan fingerprint density at radius 1 is 1.44 bits per heavy atom. The van der Waals surface area contributed by atoms with Crippen molar-refractivity contribution in [3.05, 3.63) is 12.7 Å². The van der Waals surface area contributed by atoms with E-state index in [0.29, 0.717) is 13.2 Å². The first-order valence-electron chi connectivity index (χ1n) is 5.52. The van der Waals surface area contributed by atoms with Crippen LogP contribution in [0.2, 0.25) is 0 Å². The first-order valence-corrected chi connectivity index (χ1v) is 5.52. The average Bonchev–Trinajstić information content (AvgIpc) is 2.71. The van der Waals surface area contributed by atoms with Gasteiger partial charge >= 0.3 is 0 Å². The molecule has 0 amide bonds. The Labute approximate surface area is 96.8 Å². The summed E-state index contributed by atoms with van der Waals surface area (Å²) in [5.41, 5.74) is 0. The van der Waals surface area contributed by atoms with Gasteiger partial charge in [0, 0.05) is 7.11 Å². The van der Waals surface area contributed by atoms with Gasteiger partial charge in [0.15, 0.2) is 0 Å². The fourth-order valence-electron chi connectivity index (χ4n) is 1.91. The molecule has 90 valence electrons. The molecule has 0 heterocycles. The van der Waals surface area contributed by atoms with E-state index in [2.05, 4.69) is 12.6 Å². The van der Waals surface area contributed by atoms with Crippen molar-refractivity contribution in [1.82, 2.24) is 0 Å². The van der Waals surface area contributed by atoms with Crippen LogP contribution >= 0.6 is 0 Å². The smallest absolute Gasteiger partial charge is 0.147 e. The summed E-state index contributed by atoms with van der Waals surface area (Å²) in [6.45, 7) is 5.13. The number of nitrogens with zero attached hydrogens (tertiary/aromatic N) is 1. The van der Waals surface area contributed by atoms with Crippen LogP contribution in [-0.2, 0) is 14.2 Å². The van der Waals surface area contributed by atoms with Crippen molar-refractivity contribution in [2.75, 3.05) is 27.1 Å². The van der Waals surface area contributed by atoms with Crippen LogP contribution in [0.15, 0.2) is 12.7 Å². The summed E-state index contributed by atoms with van der Waals surface area (Å²) in [6.07, 6.45) is 3.62. The monoisotopic (exact) mass is 225 g/mol. The van der Waals surface area contributed by atoms with Crippen molar-refractivity contribution in [1.29, 1.82) is 5.26 Å². The van der Waals surface area contributed by atoms with Crippen LogP contribution in [0.1, 0.15) is 12.8 Å². The molecule has 0 aromatic carbocycles. The summed E-state index contributed by atoms with van der Waals surface area (Å²) in [6, 6.07) is 2.29. The third kappa shape index (κ3) is 3.93. The maximum atomic E-state index is 8.93. The van der Waals surface area contributed by atoms with Crippen LogP contribution < -0.4 is 0 Å². The maximum absolute atomic E-state index is 8.93. The third-order valence-corrected chi connectivity index (χ3v) is 2.86. The molecule has 0 radical (unpaired) electrons. The van der Waals surface area contributed by atoms with E-state index in [4.69, 9.17) is 19.5 Å². The third-order valence-electron chi connectivity index (χ3n) is 2.86. The number of rotatable bonds is 7. The molecule has 1 aliphatic rings. The molecule has 1 aliphatic carbocycles. The molecule has 0 unspecified atom stereocenters. The number of allylic oxidation sites excluding steroid dienone is 1. The molecule has 3 atom stereocenters. The van der Waals surface area contributed by atoms with E-state index >= 15 is 0 Å². The molecule has 0 aromatic rings. The second kappa shape index (κ2) is 7.39. The summed E-state index contributed by atoms with van der Waals surface area (Å²) < 4.78 is 15.6. The zero-order chi connectivity index (χ0) is 11.8. The number of hydrogen-bond acceptors (Lipinski definition) is 4. The molecule has 0 aromatic heterocycles. The van der Waals surface area contributed by atoms with Gasteiger partial charge in [0.2, 0.25) is 0 Å². The van der Waals surface area contributed by atoms with Crippen molar-refractivity contribution in [2.24, 2.45) is 11.8 Å². The van der Waals surface area contributed by atoms with E-state index in [9.17, 15) is 0 Å². The zero-order valence-corrected chi connectivity index (χ0v) is 9.72. The minimum Gasteiger partial charge on any atom is -0.382 e. The molecule has 16 heavy (non-hydrogen) atoms. The molecular weight excluding hydrogens is 206 g/mol. The van der Waals surface area contributed by atoms with Gasteiger partial charge in [-0.15, -0.1) is 6.58 Å². The van der Waals surface area contributed by atoms with Crippen molar-refractivity contribution in [2.45, 2.75) is 18.9 Å². The predicted molar refractivity (Wildman–Crippen MR) is 59.6 cm³/mol. The summed E-state index contributed by atoms with van der Waals surface area (Å²) in [4.78, 5) is 0. The Morgan fingerprint density at radius 3 is 2.81 bits per heavy atom. The lowest BCUT2D eigenvalue weighted by Gasteiger charge is -2.11. The molecule has 0 spiro atoms. The normalized spacial score (nSPS) is 28.9. The zero-order valence-electron chi connectivity index (χ0n) is 9.72. The van der Waals surface area contributed by atoms with Crippen molar-refractivity contribution in [3.8, 4) is 6.07 Å². The highest BCUT2D eigenvalue weighted by molar-refractivity contribution is 5.02. The lowest BCUT2D eigenvalue weighted by Crippen LogP contribution is -2.13. The second-order valence-electron chi connectivity index (χ2n) is 3.91. The van der Waals surface area contributed by atoms with Crippen molar-refractivity contribution < 1.29 is 14.2 Å². The van der Waals surface area contributed by atoms with E-state index in [1.165, 1.54) is 0 Å². The molecular formula is C12H19NO3. The van der Waals surface area contributed by atoms with Gasteiger partial charge in [-0.1, -0.05) is 6.08 Å². The van der Waals surface area contributed by atoms with Crippen LogP contribution in [-0.4, -0.2) is 33.2 Å². The molecule has 0 N–H and O–H groups in total. The van der Waals surface area contributed by atoms with Gasteiger partial charge in [0.1, 0.15) is 6.79 Å². The fraction of sp³-hybridized carbons (Fsp3) is 0.750. The van der Waals surface area contributed by atoms with Gasteiger partial charge in [-0.05, 0) is 18.8 Å². The first-order chi connectivity index (χ1) is 7.81. The molecule has 0 saturated heterocycles. The molecule has 0 aliphatic heterocycles. The van der Waals surface area contributed by atoms with Crippen LogP contribution in [0.3, 0.4) is 0 Å². The maximum Gasteiger partial charge on any atom is 0.147 e. The Balaban J connectivity index is 2.15. The van der Waals surface area contributed by atoms with E-state index in [-0.39, 0.29) is 24.7 Å². The molecule has 0 bridgehead atoms. The average molecular weight is 225 g/mol. The molecule has 1 saturated carbocycles. The Morgan fingerprint density at radius 2 is 2.25 bits per heavy atom. The van der Waals surface area contributed by atoms with Crippen molar-refractivity contribution in [3.63, 3.8) is 0 Å². The summed E-state index contributed by atoms with van der Waals surface area (Å²) in [7, 11) is 1.63. The minimum absolute atomic E-state index is 0.0430. The Kier molecular flexibility index (Phi) is 6.09. The largest absolute Gasteiger partial charge is 0.382 e. The van der Waals surface area contributed by atoms with Crippen LogP contribution in [0.25, 0.3) is 0 Å². The number of hydrogen-bond donors (Lipinski definition) is 0. The standard InChI is InChI=1S/C12H19NO3/c1-3-10-6-12(7-11(10)8-13)16-9-15-5-4-14-2/h3,10-12H,1,4-7,9H2,2H3/t10-,11+,12+/m1/s1. The molecule has 4 heteroatoms. The van der Waals surface area contributed by atoms with Gasteiger partial charge in [-0.3, -0.25) is 0 Å².